The minimum absolute atomic E-state index is 0.119. The maximum atomic E-state index is 15.0. The van der Waals surface area contributed by atoms with Crippen LogP contribution in [0.5, 0.6) is 0 Å². The minimum atomic E-state index is -4.47. The molecule has 0 bridgehead atoms. The van der Waals surface area contributed by atoms with E-state index in [9.17, 15) is 22.4 Å². The smallest absolute Gasteiger partial charge is 0.399 e. The number of amides is 2. The van der Waals surface area contributed by atoms with Crippen LogP contribution in [0.2, 0.25) is 0 Å². The third kappa shape index (κ3) is 4.44. The van der Waals surface area contributed by atoms with E-state index in [2.05, 4.69) is 10.6 Å². The molecule has 1 fully saturated rings. The van der Waals surface area contributed by atoms with E-state index in [-0.39, 0.29) is 16.8 Å². The number of rotatable bonds is 3. The molecule has 2 N–H and O–H groups in total. The van der Waals surface area contributed by atoms with Crippen LogP contribution in [0.25, 0.3) is 0 Å². The summed E-state index contributed by atoms with van der Waals surface area (Å²) in [5.41, 5.74) is -2.02. The lowest BCUT2D eigenvalue weighted by Gasteiger charge is -2.32. The molecular formula is C20H21BF4N2O3. The summed E-state index contributed by atoms with van der Waals surface area (Å²) in [6, 6.07) is 7.49. The van der Waals surface area contributed by atoms with Crippen molar-refractivity contribution in [2.75, 3.05) is 10.6 Å². The normalized spacial score (nSPS) is 17.7. The Hall–Kier alpha value is -2.59. The highest BCUT2D eigenvalue weighted by Gasteiger charge is 2.52. The maximum absolute atomic E-state index is 15.0. The Morgan fingerprint density at radius 2 is 1.50 bits per heavy atom. The number of anilines is 2. The summed E-state index contributed by atoms with van der Waals surface area (Å²) in [6.45, 7) is 7.35. The number of halogens is 4. The van der Waals surface area contributed by atoms with Gasteiger partial charge in [0.1, 0.15) is 5.82 Å². The second-order valence-corrected chi connectivity index (χ2v) is 7.95. The van der Waals surface area contributed by atoms with Crippen LogP contribution in [0.3, 0.4) is 0 Å². The largest absolute Gasteiger partial charge is 0.497 e. The highest BCUT2D eigenvalue weighted by atomic mass is 19.4. The van der Waals surface area contributed by atoms with Crippen LogP contribution in [0.15, 0.2) is 42.5 Å². The third-order valence-electron chi connectivity index (χ3n) is 5.25. The Labute approximate surface area is 171 Å². The molecule has 0 unspecified atom stereocenters. The van der Waals surface area contributed by atoms with Gasteiger partial charge in [-0.3, -0.25) is 0 Å². The van der Waals surface area contributed by atoms with Crippen LogP contribution in [-0.2, 0) is 15.5 Å². The fourth-order valence-corrected chi connectivity index (χ4v) is 2.83. The predicted molar refractivity (Wildman–Crippen MR) is 106 cm³/mol. The second-order valence-electron chi connectivity index (χ2n) is 7.95. The van der Waals surface area contributed by atoms with Crippen molar-refractivity contribution in [3.63, 3.8) is 0 Å². The molecule has 0 saturated carbocycles. The number of hydrogen-bond donors (Lipinski definition) is 2. The zero-order valence-corrected chi connectivity index (χ0v) is 16.9. The fraction of sp³-hybridized carbons (Fsp3) is 0.350. The topological polar surface area (TPSA) is 59.6 Å². The van der Waals surface area contributed by atoms with E-state index in [0.29, 0.717) is 0 Å². The molecule has 0 atom stereocenters. The van der Waals surface area contributed by atoms with Gasteiger partial charge in [0.05, 0.1) is 22.5 Å². The molecule has 1 aliphatic rings. The van der Waals surface area contributed by atoms with Crippen molar-refractivity contribution in [2.45, 2.75) is 45.1 Å². The van der Waals surface area contributed by atoms with Gasteiger partial charge < -0.3 is 19.9 Å². The van der Waals surface area contributed by atoms with Crippen molar-refractivity contribution >= 4 is 30.0 Å². The molecule has 5 nitrogen and oxygen atoms in total. The van der Waals surface area contributed by atoms with Crippen molar-refractivity contribution in [3.8, 4) is 0 Å². The first kappa shape index (κ1) is 22.1. The van der Waals surface area contributed by atoms with Crippen molar-refractivity contribution in [1.29, 1.82) is 0 Å². The number of alkyl halides is 3. The first-order valence-electron chi connectivity index (χ1n) is 9.19. The average molecular weight is 424 g/mol. The van der Waals surface area contributed by atoms with E-state index in [0.717, 1.165) is 24.3 Å². The Balaban J connectivity index is 1.72. The van der Waals surface area contributed by atoms with E-state index in [1.807, 2.05) is 27.7 Å². The zero-order valence-electron chi connectivity index (χ0n) is 16.9. The third-order valence-corrected chi connectivity index (χ3v) is 5.25. The molecule has 0 radical (unpaired) electrons. The fourth-order valence-electron chi connectivity index (χ4n) is 2.83. The minimum Gasteiger partial charge on any atom is -0.399 e. The molecule has 1 heterocycles. The molecule has 160 valence electrons. The first-order chi connectivity index (χ1) is 13.8. The monoisotopic (exact) mass is 424 g/mol. The molecule has 1 saturated heterocycles. The highest BCUT2D eigenvalue weighted by Crippen LogP contribution is 2.37. The van der Waals surface area contributed by atoms with E-state index in [1.54, 1.807) is 0 Å². The summed E-state index contributed by atoms with van der Waals surface area (Å²) in [4.78, 5) is 12.2. The van der Waals surface area contributed by atoms with E-state index in [1.165, 1.54) is 18.2 Å². The Kier molecular flexibility index (Phi) is 5.59. The van der Waals surface area contributed by atoms with Crippen LogP contribution in [0.4, 0.5) is 33.7 Å². The second kappa shape index (κ2) is 7.59. The van der Waals surface area contributed by atoms with E-state index < -0.39 is 41.9 Å². The van der Waals surface area contributed by atoms with Gasteiger partial charge in [-0.2, -0.15) is 13.2 Å². The lowest BCUT2D eigenvalue weighted by molar-refractivity contribution is -0.137. The summed E-state index contributed by atoms with van der Waals surface area (Å²) in [6.07, 6.45) is -4.47. The van der Waals surface area contributed by atoms with Crippen molar-refractivity contribution < 1.29 is 31.7 Å². The first-order valence-corrected chi connectivity index (χ1v) is 9.19. The molecule has 2 aromatic rings. The van der Waals surface area contributed by atoms with Gasteiger partial charge in [0.15, 0.2) is 0 Å². The molecule has 2 aromatic carbocycles. The Morgan fingerprint density at radius 1 is 0.933 bits per heavy atom. The van der Waals surface area contributed by atoms with Crippen molar-refractivity contribution in [1.82, 2.24) is 0 Å². The molecule has 0 aromatic heterocycles. The van der Waals surface area contributed by atoms with Crippen LogP contribution >= 0.6 is 0 Å². The van der Waals surface area contributed by atoms with E-state index in [4.69, 9.17) is 9.31 Å². The Bertz CT molecular complexity index is 930. The number of hydrogen-bond acceptors (Lipinski definition) is 3. The molecule has 1 aliphatic heterocycles. The molecule has 2 amide bonds. The van der Waals surface area contributed by atoms with Gasteiger partial charge in [-0.25, -0.2) is 9.18 Å². The van der Waals surface area contributed by atoms with Gasteiger partial charge in [-0.15, -0.1) is 0 Å². The Morgan fingerprint density at radius 3 is 2.03 bits per heavy atom. The van der Waals surface area contributed by atoms with Crippen LogP contribution in [0.1, 0.15) is 33.3 Å². The number of carbonyl (C=O) groups is 1. The van der Waals surface area contributed by atoms with Gasteiger partial charge in [0.25, 0.3) is 0 Å². The summed E-state index contributed by atoms with van der Waals surface area (Å²) in [5, 5.41) is 4.72. The van der Waals surface area contributed by atoms with Crippen LogP contribution < -0.4 is 16.1 Å². The van der Waals surface area contributed by atoms with Gasteiger partial charge in [0.2, 0.25) is 0 Å². The molecule has 0 aliphatic carbocycles. The molecule has 10 heteroatoms. The quantitative estimate of drug-likeness (QED) is 0.551. The predicted octanol–water partition coefficient (Wildman–Crippen LogP) is 4.79. The lowest BCUT2D eigenvalue weighted by atomic mass is 9.78. The number of carbonyl (C=O) groups excluding carboxylic acids is 1. The molecule has 3 rings (SSSR count). The standard InChI is InChI=1S/C20H21BF4N2O3/c1-18(2)19(3,4)30-21(29-18)14-6-5-7-15(16(14)22)27-17(28)26-13-10-8-12(9-11-13)20(23,24)25/h5-11H,1-4H3,(H2,26,27,28). The van der Waals surface area contributed by atoms with Gasteiger partial charge in [0, 0.05) is 11.2 Å². The van der Waals surface area contributed by atoms with Gasteiger partial charge in [-0.05, 0) is 58.0 Å². The summed E-state index contributed by atoms with van der Waals surface area (Å²) in [5.74, 6) is -0.724. The summed E-state index contributed by atoms with van der Waals surface area (Å²) < 4.78 is 64.5. The average Bonchev–Trinajstić information content (AvgIpc) is 2.84. The maximum Gasteiger partial charge on any atom is 0.497 e. The summed E-state index contributed by atoms with van der Waals surface area (Å²) in [7, 11) is -0.949. The molecular weight excluding hydrogens is 403 g/mol. The molecule has 0 spiro atoms. The highest BCUT2D eigenvalue weighted by molar-refractivity contribution is 6.62. The van der Waals surface area contributed by atoms with Crippen molar-refractivity contribution in [2.24, 2.45) is 0 Å². The molecule has 30 heavy (non-hydrogen) atoms. The van der Waals surface area contributed by atoms with Crippen LogP contribution in [0, 0.1) is 5.82 Å². The summed E-state index contributed by atoms with van der Waals surface area (Å²) >= 11 is 0. The lowest BCUT2D eigenvalue weighted by Crippen LogP contribution is -2.41. The van der Waals surface area contributed by atoms with Gasteiger partial charge in [-0.1, -0.05) is 12.1 Å². The van der Waals surface area contributed by atoms with Crippen LogP contribution in [-0.4, -0.2) is 24.4 Å². The van der Waals surface area contributed by atoms with Crippen molar-refractivity contribution in [3.05, 3.63) is 53.8 Å². The number of urea groups is 1. The van der Waals surface area contributed by atoms with Gasteiger partial charge >= 0.3 is 19.3 Å². The SMILES string of the molecule is CC1(C)OB(c2cccc(NC(=O)Nc3ccc(C(F)(F)F)cc3)c2F)OC1(C)C. The number of nitrogens with one attached hydrogen (secondary N) is 2. The zero-order chi connectivity index (χ0) is 22.3. The van der Waals surface area contributed by atoms with E-state index >= 15 is 0 Å². The number of benzene rings is 2.